The number of esters is 1. The zero-order valence-corrected chi connectivity index (χ0v) is 11.5. The molecule has 0 aliphatic heterocycles. The molecule has 6 heteroatoms. The van der Waals surface area contributed by atoms with E-state index < -0.39 is 23.2 Å². The molecule has 0 unspecified atom stereocenters. The summed E-state index contributed by atoms with van der Waals surface area (Å²) in [5, 5.41) is -0.302. The highest BCUT2D eigenvalue weighted by Crippen LogP contribution is 2.28. The third-order valence-corrected chi connectivity index (χ3v) is 2.79. The van der Waals surface area contributed by atoms with Crippen molar-refractivity contribution in [2.24, 2.45) is 0 Å². The van der Waals surface area contributed by atoms with Crippen LogP contribution in [0.15, 0.2) is 12.1 Å². The van der Waals surface area contributed by atoms with Gasteiger partial charge in [-0.3, -0.25) is 9.59 Å². The molecule has 0 aromatic heterocycles. The molecule has 0 aliphatic carbocycles. The zero-order chi connectivity index (χ0) is 14.1. The second-order valence-corrected chi connectivity index (χ2v) is 5.00. The first kappa shape index (κ1) is 14.9. The first-order chi connectivity index (χ1) is 8.15. The van der Waals surface area contributed by atoms with Crippen molar-refractivity contribution in [1.82, 2.24) is 0 Å². The smallest absolute Gasteiger partial charge is 0.303 e. The molecule has 0 saturated carbocycles. The largest absolute Gasteiger partial charge is 0.451 e. The van der Waals surface area contributed by atoms with Gasteiger partial charge in [0.25, 0.3) is 0 Å². The highest BCUT2D eigenvalue weighted by Gasteiger charge is 2.34. The van der Waals surface area contributed by atoms with E-state index in [2.05, 4.69) is 0 Å². The summed E-state index contributed by atoms with van der Waals surface area (Å²) in [5.74, 6) is -2.04. The monoisotopic (exact) mass is 292 g/mol. The molecular weight excluding hydrogens is 282 g/mol. The maximum absolute atomic E-state index is 13.4. The summed E-state index contributed by atoms with van der Waals surface area (Å²) in [6.45, 7) is 3.97. The summed E-state index contributed by atoms with van der Waals surface area (Å²) in [6.07, 6.45) is 0. The first-order valence-corrected chi connectivity index (χ1v) is 5.79. The van der Waals surface area contributed by atoms with Crippen molar-refractivity contribution < 1.29 is 18.7 Å². The Bertz CT molecular complexity index is 512. The van der Waals surface area contributed by atoms with Crippen LogP contribution in [0.5, 0.6) is 0 Å². The molecule has 0 heterocycles. The molecule has 0 radical (unpaired) electrons. The van der Waals surface area contributed by atoms with Gasteiger partial charge in [-0.2, -0.15) is 0 Å². The Balaban J connectivity index is 3.22. The number of ether oxygens (including phenoxy) is 1. The molecule has 1 aromatic rings. The van der Waals surface area contributed by atoms with Crippen molar-refractivity contribution in [1.29, 1.82) is 0 Å². The number of carbonyl (C=O) groups excluding carboxylic acids is 2. The number of Topliss-reactive ketones (excluding diaryl/α,β-unsaturated/α-hetero) is 1. The minimum Gasteiger partial charge on any atom is -0.451 e. The summed E-state index contributed by atoms with van der Waals surface area (Å²) in [5.41, 5.74) is -1.56. The molecule has 0 N–H and O–H groups in total. The van der Waals surface area contributed by atoms with Crippen LogP contribution in [0.3, 0.4) is 0 Å². The number of rotatable bonds is 3. The fourth-order valence-electron chi connectivity index (χ4n) is 1.45. The minimum atomic E-state index is -1.44. The van der Waals surface area contributed by atoms with E-state index >= 15 is 0 Å². The van der Waals surface area contributed by atoms with Crippen LogP contribution in [0.2, 0.25) is 10.0 Å². The lowest BCUT2D eigenvalue weighted by atomic mass is 9.96. The average molecular weight is 293 g/mol. The standard InChI is InChI=1S/C12H11Cl2FO3/c1-6(16)18-12(2,3)11(17)8-4-7(13)5-9(15)10(8)14/h4-5H,1-3H3. The Labute approximate surface area is 114 Å². The summed E-state index contributed by atoms with van der Waals surface area (Å²) in [7, 11) is 0. The van der Waals surface area contributed by atoms with Gasteiger partial charge in [-0.15, -0.1) is 0 Å². The van der Waals surface area contributed by atoms with Crippen LogP contribution in [-0.4, -0.2) is 17.4 Å². The van der Waals surface area contributed by atoms with E-state index in [1.807, 2.05) is 0 Å². The maximum Gasteiger partial charge on any atom is 0.303 e. The van der Waals surface area contributed by atoms with Gasteiger partial charge in [0, 0.05) is 17.5 Å². The van der Waals surface area contributed by atoms with E-state index in [0.29, 0.717) is 0 Å². The van der Waals surface area contributed by atoms with Gasteiger partial charge < -0.3 is 4.74 Å². The molecule has 0 amide bonds. The van der Waals surface area contributed by atoms with Crippen molar-refractivity contribution in [2.75, 3.05) is 0 Å². The summed E-state index contributed by atoms with van der Waals surface area (Å²) >= 11 is 11.4. The van der Waals surface area contributed by atoms with Gasteiger partial charge >= 0.3 is 5.97 Å². The second kappa shape index (κ2) is 5.24. The van der Waals surface area contributed by atoms with Crippen LogP contribution >= 0.6 is 23.2 Å². The van der Waals surface area contributed by atoms with Crippen molar-refractivity contribution >= 4 is 35.0 Å². The number of carbonyl (C=O) groups is 2. The predicted octanol–water partition coefficient (Wildman–Crippen LogP) is 3.66. The lowest BCUT2D eigenvalue weighted by molar-refractivity contribution is -0.149. The Morgan fingerprint density at radius 1 is 1.28 bits per heavy atom. The van der Waals surface area contributed by atoms with E-state index in [-0.39, 0.29) is 15.6 Å². The molecule has 0 saturated heterocycles. The van der Waals surface area contributed by atoms with Crippen molar-refractivity contribution in [3.05, 3.63) is 33.6 Å². The van der Waals surface area contributed by atoms with Gasteiger partial charge in [-0.05, 0) is 26.0 Å². The van der Waals surface area contributed by atoms with Crippen molar-refractivity contribution in [2.45, 2.75) is 26.4 Å². The molecule has 0 aliphatic rings. The number of ketones is 1. The van der Waals surface area contributed by atoms with Crippen LogP contribution in [0.4, 0.5) is 4.39 Å². The third kappa shape index (κ3) is 3.21. The summed E-state index contributed by atoms with van der Waals surface area (Å²) in [6, 6.07) is 2.24. The molecule has 0 bridgehead atoms. The topological polar surface area (TPSA) is 43.4 Å². The third-order valence-electron chi connectivity index (χ3n) is 2.18. The predicted molar refractivity (Wildman–Crippen MR) is 66.6 cm³/mol. The van der Waals surface area contributed by atoms with E-state index in [1.54, 1.807) is 0 Å². The lowest BCUT2D eigenvalue weighted by Gasteiger charge is -2.23. The lowest BCUT2D eigenvalue weighted by Crippen LogP contribution is -2.37. The molecule has 3 nitrogen and oxygen atoms in total. The SMILES string of the molecule is CC(=O)OC(C)(C)C(=O)c1cc(Cl)cc(F)c1Cl. The number of halogens is 3. The Morgan fingerprint density at radius 3 is 2.33 bits per heavy atom. The second-order valence-electron chi connectivity index (χ2n) is 4.18. The maximum atomic E-state index is 13.4. The molecule has 0 spiro atoms. The molecule has 18 heavy (non-hydrogen) atoms. The molecule has 0 fully saturated rings. The van der Waals surface area contributed by atoms with Crippen LogP contribution in [0.25, 0.3) is 0 Å². The van der Waals surface area contributed by atoms with E-state index in [4.69, 9.17) is 27.9 Å². The van der Waals surface area contributed by atoms with Gasteiger partial charge in [-0.25, -0.2) is 4.39 Å². The fourth-order valence-corrected chi connectivity index (χ4v) is 1.85. The zero-order valence-electron chi connectivity index (χ0n) is 10.0. The Kier molecular flexibility index (Phi) is 4.35. The Morgan fingerprint density at radius 2 is 1.83 bits per heavy atom. The molecular formula is C12H11Cl2FO3. The summed E-state index contributed by atoms with van der Waals surface area (Å²) in [4.78, 5) is 23.0. The van der Waals surface area contributed by atoms with E-state index in [0.717, 1.165) is 6.07 Å². The van der Waals surface area contributed by atoms with Gasteiger partial charge in [0.05, 0.1) is 5.02 Å². The van der Waals surface area contributed by atoms with Crippen LogP contribution in [0.1, 0.15) is 31.1 Å². The van der Waals surface area contributed by atoms with Gasteiger partial charge in [0.1, 0.15) is 5.82 Å². The van der Waals surface area contributed by atoms with Crippen LogP contribution in [-0.2, 0) is 9.53 Å². The van der Waals surface area contributed by atoms with Gasteiger partial charge in [-0.1, -0.05) is 23.2 Å². The number of hydrogen-bond donors (Lipinski definition) is 0. The molecule has 1 rings (SSSR count). The first-order valence-electron chi connectivity index (χ1n) is 5.04. The highest BCUT2D eigenvalue weighted by atomic mass is 35.5. The average Bonchev–Trinajstić information content (AvgIpc) is 2.20. The van der Waals surface area contributed by atoms with Crippen molar-refractivity contribution in [3.8, 4) is 0 Å². The van der Waals surface area contributed by atoms with Crippen LogP contribution < -0.4 is 0 Å². The highest BCUT2D eigenvalue weighted by molar-refractivity contribution is 6.36. The summed E-state index contributed by atoms with van der Waals surface area (Å²) < 4.78 is 18.3. The fraction of sp³-hybridized carbons (Fsp3) is 0.333. The number of benzene rings is 1. The van der Waals surface area contributed by atoms with Crippen LogP contribution in [0, 0.1) is 5.82 Å². The normalized spacial score (nSPS) is 11.2. The van der Waals surface area contributed by atoms with E-state index in [1.165, 1.54) is 26.8 Å². The quantitative estimate of drug-likeness (QED) is 0.485. The molecule has 0 atom stereocenters. The van der Waals surface area contributed by atoms with Gasteiger partial charge in [0.15, 0.2) is 5.60 Å². The number of hydrogen-bond acceptors (Lipinski definition) is 3. The van der Waals surface area contributed by atoms with E-state index in [9.17, 15) is 14.0 Å². The molecule has 1 aromatic carbocycles. The molecule has 98 valence electrons. The van der Waals surface area contributed by atoms with Crippen molar-refractivity contribution in [3.63, 3.8) is 0 Å². The van der Waals surface area contributed by atoms with Gasteiger partial charge in [0.2, 0.25) is 5.78 Å². The Hall–Kier alpha value is -1.13. The minimum absolute atomic E-state index is 0.0406.